The van der Waals surface area contributed by atoms with Crippen LogP contribution in [0.4, 0.5) is 0 Å². The maximum atomic E-state index is 3.46. The molecule has 0 aliphatic heterocycles. The smallest absolute Gasteiger partial charge is 0.00208 e. The highest BCUT2D eigenvalue weighted by molar-refractivity contribution is 4.87. The summed E-state index contributed by atoms with van der Waals surface area (Å²) in [5.41, 5.74) is 0. The van der Waals surface area contributed by atoms with Crippen LogP contribution in [0.5, 0.6) is 0 Å². The summed E-state index contributed by atoms with van der Waals surface area (Å²) in [7, 11) is 2.14. The second-order valence-corrected chi connectivity index (χ2v) is 7.48. The van der Waals surface area contributed by atoms with Crippen LogP contribution in [0.25, 0.3) is 0 Å². The Hall–Kier alpha value is -0.0400. The lowest BCUT2D eigenvalue weighted by atomic mass is 9.63. The van der Waals surface area contributed by atoms with E-state index in [2.05, 4.69) is 26.2 Å². The van der Waals surface area contributed by atoms with Crippen LogP contribution < -0.4 is 5.32 Å². The first-order chi connectivity index (χ1) is 9.24. The molecule has 0 aromatic rings. The topological polar surface area (TPSA) is 12.0 Å². The Morgan fingerprint density at radius 2 is 1.89 bits per heavy atom. The van der Waals surface area contributed by atoms with E-state index in [4.69, 9.17) is 0 Å². The average Bonchev–Trinajstić information content (AvgIpc) is 2.41. The summed E-state index contributed by atoms with van der Waals surface area (Å²) < 4.78 is 0. The van der Waals surface area contributed by atoms with Crippen molar-refractivity contribution in [1.29, 1.82) is 0 Å². The van der Waals surface area contributed by atoms with E-state index in [1.54, 1.807) is 0 Å². The molecule has 1 N–H and O–H groups in total. The third-order valence-corrected chi connectivity index (χ3v) is 5.90. The van der Waals surface area contributed by atoms with Crippen molar-refractivity contribution in [3.8, 4) is 0 Å². The van der Waals surface area contributed by atoms with Crippen molar-refractivity contribution in [1.82, 2.24) is 5.32 Å². The van der Waals surface area contributed by atoms with Gasteiger partial charge in [-0.15, -0.1) is 0 Å². The van der Waals surface area contributed by atoms with Crippen LogP contribution in [-0.2, 0) is 0 Å². The van der Waals surface area contributed by atoms with Crippen molar-refractivity contribution in [2.75, 3.05) is 13.6 Å². The first-order valence-electron chi connectivity index (χ1n) is 8.89. The molecule has 2 rings (SSSR count). The van der Waals surface area contributed by atoms with Crippen molar-refractivity contribution in [2.24, 2.45) is 29.6 Å². The second kappa shape index (κ2) is 7.67. The largest absolute Gasteiger partial charge is 0.319 e. The number of hydrogen-bond donors (Lipinski definition) is 1. The van der Waals surface area contributed by atoms with Crippen LogP contribution in [0.3, 0.4) is 0 Å². The Morgan fingerprint density at radius 3 is 2.58 bits per heavy atom. The lowest BCUT2D eigenvalue weighted by Gasteiger charge is -2.43. The zero-order valence-corrected chi connectivity index (χ0v) is 13.5. The molecule has 0 bridgehead atoms. The van der Waals surface area contributed by atoms with Gasteiger partial charge in [0.2, 0.25) is 0 Å². The first kappa shape index (κ1) is 15.4. The Morgan fingerprint density at radius 1 is 1.05 bits per heavy atom. The minimum Gasteiger partial charge on any atom is -0.319 e. The highest BCUT2D eigenvalue weighted by Crippen LogP contribution is 2.45. The monoisotopic (exact) mass is 265 g/mol. The standard InChI is InChI=1S/C18H35N/c1-4-6-15-9-10-17(13-19-3)18(12-15)16-8-5-7-14(2)11-16/h14-19H,4-13H2,1-3H3. The maximum absolute atomic E-state index is 3.46. The van der Waals surface area contributed by atoms with Gasteiger partial charge in [0.1, 0.15) is 0 Å². The molecule has 0 aromatic carbocycles. The van der Waals surface area contributed by atoms with Gasteiger partial charge < -0.3 is 5.32 Å². The molecule has 5 unspecified atom stereocenters. The van der Waals surface area contributed by atoms with E-state index >= 15 is 0 Å². The number of nitrogens with one attached hydrogen (secondary N) is 1. The van der Waals surface area contributed by atoms with E-state index in [0.29, 0.717) is 0 Å². The molecule has 2 fully saturated rings. The predicted molar refractivity (Wildman–Crippen MR) is 84.3 cm³/mol. The van der Waals surface area contributed by atoms with Gasteiger partial charge in [-0.1, -0.05) is 52.4 Å². The zero-order valence-electron chi connectivity index (χ0n) is 13.5. The summed E-state index contributed by atoms with van der Waals surface area (Å²) in [4.78, 5) is 0. The highest BCUT2D eigenvalue weighted by Gasteiger charge is 2.36. The fourth-order valence-corrected chi connectivity index (χ4v) is 4.99. The van der Waals surface area contributed by atoms with Crippen molar-refractivity contribution >= 4 is 0 Å². The third kappa shape index (κ3) is 4.21. The summed E-state index contributed by atoms with van der Waals surface area (Å²) in [5, 5.41) is 3.46. The predicted octanol–water partition coefficient (Wildman–Crippen LogP) is 4.86. The molecule has 0 radical (unpaired) electrons. The van der Waals surface area contributed by atoms with Crippen molar-refractivity contribution in [3.05, 3.63) is 0 Å². The Balaban J connectivity index is 1.97. The molecule has 2 saturated carbocycles. The number of rotatable bonds is 5. The summed E-state index contributed by atoms with van der Waals surface area (Å²) in [6.07, 6.45) is 13.4. The molecule has 0 amide bonds. The van der Waals surface area contributed by atoms with Gasteiger partial charge >= 0.3 is 0 Å². The van der Waals surface area contributed by atoms with Crippen LogP contribution in [0.1, 0.15) is 71.6 Å². The van der Waals surface area contributed by atoms with Gasteiger partial charge in [0.25, 0.3) is 0 Å². The Bertz CT molecular complexity index is 250. The minimum absolute atomic E-state index is 0.966. The molecule has 19 heavy (non-hydrogen) atoms. The van der Waals surface area contributed by atoms with Crippen molar-refractivity contribution in [3.63, 3.8) is 0 Å². The lowest BCUT2D eigenvalue weighted by molar-refractivity contribution is 0.0802. The summed E-state index contributed by atoms with van der Waals surface area (Å²) >= 11 is 0. The summed E-state index contributed by atoms with van der Waals surface area (Å²) in [6.45, 7) is 6.09. The Labute approximate surface area is 120 Å². The Kier molecular flexibility index (Phi) is 6.19. The molecule has 2 aliphatic rings. The van der Waals surface area contributed by atoms with E-state index < -0.39 is 0 Å². The van der Waals surface area contributed by atoms with Gasteiger partial charge in [0, 0.05) is 0 Å². The molecular weight excluding hydrogens is 230 g/mol. The molecule has 112 valence electrons. The van der Waals surface area contributed by atoms with Gasteiger partial charge in [-0.05, 0) is 62.4 Å². The minimum atomic E-state index is 0.966. The van der Waals surface area contributed by atoms with Crippen LogP contribution in [0.15, 0.2) is 0 Å². The van der Waals surface area contributed by atoms with Crippen molar-refractivity contribution < 1.29 is 0 Å². The molecule has 5 atom stereocenters. The van der Waals surface area contributed by atoms with E-state index in [1.807, 2.05) is 0 Å². The second-order valence-electron chi connectivity index (χ2n) is 7.48. The first-order valence-corrected chi connectivity index (χ1v) is 8.89. The van der Waals surface area contributed by atoms with E-state index in [0.717, 1.165) is 29.6 Å². The van der Waals surface area contributed by atoms with E-state index in [1.165, 1.54) is 64.3 Å². The van der Waals surface area contributed by atoms with Crippen molar-refractivity contribution in [2.45, 2.75) is 71.6 Å². The zero-order chi connectivity index (χ0) is 13.7. The van der Waals surface area contributed by atoms with E-state index in [9.17, 15) is 0 Å². The van der Waals surface area contributed by atoms with Gasteiger partial charge in [-0.25, -0.2) is 0 Å². The third-order valence-electron chi connectivity index (χ3n) is 5.90. The SMILES string of the molecule is CCCC1CCC(CNC)C(C2CCCC(C)C2)C1. The molecule has 0 aromatic heterocycles. The fourth-order valence-electron chi connectivity index (χ4n) is 4.99. The molecule has 1 nitrogen and oxygen atoms in total. The fraction of sp³-hybridized carbons (Fsp3) is 1.00. The summed E-state index contributed by atoms with van der Waals surface area (Å²) in [5.74, 6) is 5.07. The molecular formula is C18H35N. The molecule has 0 spiro atoms. The molecule has 0 saturated heterocycles. The molecule has 0 heterocycles. The van der Waals surface area contributed by atoms with Gasteiger partial charge in [-0.3, -0.25) is 0 Å². The van der Waals surface area contributed by atoms with Gasteiger partial charge in [0.15, 0.2) is 0 Å². The van der Waals surface area contributed by atoms with Crippen LogP contribution in [-0.4, -0.2) is 13.6 Å². The lowest BCUT2D eigenvalue weighted by Crippen LogP contribution is -2.37. The van der Waals surface area contributed by atoms with Crippen LogP contribution in [0.2, 0.25) is 0 Å². The van der Waals surface area contributed by atoms with Gasteiger partial charge in [-0.2, -0.15) is 0 Å². The molecule has 2 aliphatic carbocycles. The number of hydrogen-bond acceptors (Lipinski definition) is 1. The normalized spacial score (nSPS) is 40.3. The van der Waals surface area contributed by atoms with Crippen LogP contribution >= 0.6 is 0 Å². The molecule has 1 heteroatoms. The maximum Gasteiger partial charge on any atom is -0.00208 e. The van der Waals surface area contributed by atoms with Crippen LogP contribution in [0, 0.1) is 29.6 Å². The average molecular weight is 265 g/mol. The van der Waals surface area contributed by atoms with E-state index in [-0.39, 0.29) is 0 Å². The quantitative estimate of drug-likeness (QED) is 0.748. The highest BCUT2D eigenvalue weighted by atomic mass is 14.8. The summed E-state index contributed by atoms with van der Waals surface area (Å²) in [6, 6.07) is 0. The van der Waals surface area contributed by atoms with Gasteiger partial charge in [0.05, 0.1) is 0 Å².